The molecule has 0 saturated heterocycles. The van der Waals surface area contributed by atoms with Crippen molar-refractivity contribution >= 4 is 21.9 Å². The van der Waals surface area contributed by atoms with Crippen LogP contribution in [0, 0.1) is 0 Å². The Morgan fingerprint density at radius 1 is 1.40 bits per heavy atom. The first kappa shape index (κ1) is 14.5. The molecule has 104 valence electrons. The molecule has 2 aromatic rings. The van der Waals surface area contributed by atoms with Crippen molar-refractivity contribution in [3.63, 3.8) is 0 Å². The van der Waals surface area contributed by atoms with E-state index in [9.17, 15) is 9.90 Å². The van der Waals surface area contributed by atoms with Crippen molar-refractivity contribution in [2.75, 3.05) is 7.11 Å². The third kappa shape index (κ3) is 3.36. The third-order valence-corrected chi connectivity index (χ3v) is 3.66. The maximum atomic E-state index is 11.5. The van der Waals surface area contributed by atoms with Crippen molar-refractivity contribution in [1.82, 2.24) is 4.98 Å². The molecule has 0 spiro atoms. The molecule has 20 heavy (non-hydrogen) atoms. The Hall–Kier alpha value is -1.88. The lowest BCUT2D eigenvalue weighted by Gasteiger charge is -2.14. The first-order valence-corrected chi connectivity index (χ1v) is 6.87. The second-order valence-electron chi connectivity index (χ2n) is 4.32. The number of hydrogen-bond donors (Lipinski definition) is 1. The summed E-state index contributed by atoms with van der Waals surface area (Å²) in [5.41, 5.74) is 1.43. The van der Waals surface area contributed by atoms with E-state index in [-0.39, 0.29) is 0 Å². The minimum Gasteiger partial charge on any atom is -0.497 e. The fourth-order valence-corrected chi connectivity index (χ4v) is 2.52. The lowest BCUT2D eigenvalue weighted by molar-refractivity contribution is -0.138. The number of nitrogens with zero attached hydrogens (tertiary/aromatic N) is 1. The number of aliphatic carboxylic acids is 1. The summed E-state index contributed by atoms with van der Waals surface area (Å²) in [5, 5.41) is 9.45. The lowest BCUT2D eigenvalue weighted by Crippen LogP contribution is -2.16. The minimum absolute atomic E-state index is 0.363. The molecule has 1 unspecified atom stereocenters. The van der Waals surface area contributed by atoms with Crippen LogP contribution < -0.4 is 4.74 Å². The Labute approximate surface area is 125 Å². The number of rotatable bonds is 5. The summed E-state index contributed by atoms with van der Waals surface area (Å²) in [6, 6.07) is 11.0. The number of carboxylic acids is 1. The molecule has 0 amide bonds. The lowest BCUT2D eigenvalue weighted by atomic mass is 9.95. The van der Waals surface area contributed by atoms with Gasteiger partial charge in [0.05, 0.1) is 12.8 Å². The molecule has 1 atom stereocenters. The highest BCUT2D eigenvalue weighted by Gasteiger charge is 2.24. The molecule has 0 aliphatic heterocycles. The number of aromatic nitrogens is 1. The molecule has 5 heteroatoms. The fraction of sp³-hybridized carbons (Fsp3) is 0.200. The molecule has 0 aliphatic rings. The number of pyridine rings is 1. The highest BCUT2D eigenvalue weighted by Crippen LogP contribution is 2.27. The summed E-state index contributed by atoms with van der Waals surface area (Å²) >= 11 is 3.36. The average molecular weight is 336 g/mol. The van der Waals surface area contributed by atoms with Gasteiger partial charge in [0.1, 0.15) is 11.7 Å². The molecule has 1 aromatic carbocycles. The van der Waals surface area contributed by atoms with E-state index in [2.05, 4.69) is 20.9 Å². The predicted molar refractivity (Wildman–Crippen MR) is 79.0 cm³/mol. The van der Waals surface area contributed by atoms with Gasteiger partial charge in [0.15, 0.2) is 0 Å². The molecular weight excluding hydrogens is 322 g/mol. The van der Waals surface area contributed by atoms with Crippen LogP contribution in [0.2, 0.25) is 0 Å². The van der Waals surface area contributed by atoms with E-state index in [0.717, 1.165) is 5.56 Å². The van der Waals surface area contributed by atoms with Crippen molar-refractivity contribution in [2.45, 2.75) is 12.3 Å². The SMILES string of the molecule is COc1cccc(CC(C(=O)O)c2ncccc2Br)c1. The Kier molecular flexibility index (Phi) is 4.74. The molecule has 0 saturated carbocycles. The van der Waals surface area contributed by atoms with Gasteiger partial charge in [-0.15, -0.1) is 0 Å². The summed E-state index contributed by atoms with van der Waals surface area (Å²) in [7, 11) is 1.59. The van der Waals surface area contributed by atoms with E-state index in [1.165, 1.54) is 0 Å². The van der Waals surface area contributed by atoms with E-state index >= 15 is 0 Å². The van der Waals surface area contributed by atoms with E-state index in [4.69, 9.17) is 4.74 Å². The second kappa shape index (κ2) is 6.52. The number of benzene rings is 1. The van der Waals surface area contributed by atoms with Crippen LogP contribution in [0.4, 0.5) is 0 Å². The zero-order valence-corrected chi connectivity index (χ0v) is 12.5. The Morgan fingerprint density at radius 2 is 2.20 bits per heavy atom. The Bertz CT molecular complexity index is 616. The van der Waals surface area contributed by atoms with Gasteiger partial charge in [0.2, 0.25) is 0 Å². The smallest absolute Gasteiger partial charge is 0.312 e. The van der Waals surface area contributed by atoms with Crippen LogP contribution in [0.1, 0.15) is 17.2 Å². The van der Waals surface area contributed by atoms with Gasteiger partial charge in [-0.25, -0.2) is 0 Å². The van der Waals surface area contributed by atoms with Gasteiger partial charge in [-0.05, 0) is 52.2 Å². The molecule has 2 rings (SSSR count). The number of carboxylic acid groups (broad SMARTS) is 1. The van der Waals surface area contributed by atoms with Gasteiger partial charge >= 0.3 is 5.97 Å². The topological polar surface area (TPSA) is 59.4 Å². The number of ether oxygens (including phenoxy) is 1. The van der Waals surface area contributed by atoms with Crippen LogP contribution in [0.15, 0.2) is 47.1 Å². The minimum atomic E-state index is -0.896. The van der Waals surface area contributed by atoms with E-state index in [1.807, 2.05) is 24.3 Å². The van der Waals surface area contributed by atoms with Crippen molar-refractivity contribution in [3.8, 4) is 5.75 Å². The molecule has 1 aromatic heterocycles. The first-order chi connectivity index (χ1) is 9.61. The van der Waals surface area contributed by atoms with Gasteiger partial charge in [0.25, 0.3) is 0 Å². The number of carbonyl (C=O) groups is 1. The van der Waals surface area contributed by atoms with E-state index in [1.54, 1.807) is 25.4 Å². The molecule has 0 fully saturated rings. The zero-order valence-electron chi connectivity index (χ0n) is 10.9. The van der Waals surface area contributed by atoms with Gasteiger partial charge < -0.3 is 9.84 Å². The molecule has 1 N–H and O–H groups in total. The van der Waals surface area contributed by atoms with Crippen molar-refractivity contribution in [2.24, 2.45) is 0 Å². The van der Waals surface area contributed by atoms with Crippen LogP contribution in [-0.4, -0.2) is 23.2 Å². The quantitative estimate of drug-likeness (QED) is 0.910. The van der Waals surface area contributed by atoms with Gasteiger partial charge in [-0.2, -0.15) is 0 Å². The largest absolute Gasteiger partial charge is 0.497 e. The average Bonchev–Trinajstić information content (AvgIpc) is 2.45. The summed E-state index contributed by atoms with van der Waals surface area (Å²) in [5.74, 6) is -0.878. The fourth-order valence-electron chi connectivity index (χ4n) is 1.99. The van der Waals surface area contributed by atoms with Crippen LogP contribution in [-0.2, 0) is 11.2 Å². The Balaban J connectivity index is 2.31. The molecule has 1 heterocycles. The molecular formula is C15H14BrNO3. The van der Waals surface area contributed by atoms with Crippen molar-refractivity contribution < 1.29 is 14.6 Å². The van der Waals surface area contributed by atoms with E-state index < -0.39 is 11.9 Å². The van der Waals surface area contributed by atoms with Crippen molar-refractivity contribution in [1.29, 1.82) is 0 Å². The number of hydrogen-bond acceptors (Lipinski definition) is 3. The summed E-state index contributed by atoms with van der Waals surface area (Å²) in [4.78, 5) is 15.7. The van der Waals surface area contributed by atoms with Gasteiger partial charge in [-0.1, -0.05) is 12.1 Å². The van der Waals surface area contributed by atoms with Crippen LogP contribution in [0.3, 0.4) is 0 Å². The maximum Gasteiger partial charge on any atom is 0.312 e. The summed E-state index contributed by atoms with van der Waals surface area (Å²) < 4.78 is 5.86. The maximum absolute atomic E-state index is 11.5. The van der Waals surface area contributed by atoms with Gasteiger partial charge in [-0.3, -0.25) is 9.78 Å². The molecule has 0 aliphatic carbocycles. The predicted octanol–water partition coefficient (Wildman–Crippen LogP) is 3.26. The molecule has 4 nitrogen and oxygen atoms in total. The monoisotopic (exact) mass is 335 g/mol. The molecule has 0 bridgehead atoms. The normalized spacial score (nSPS) is 11.9. The highest BCUT2D eigenvalue weighted by molar-refractivity contribution is 9.10. The van der Waals surface area contributed by atoms with Gasteiger partial charge in [0, 0.05) is 10.7 Å². The zero-order chi connectivity index (χ0) is 14.5. The van der Waals surface area contributed by atoms with Crippen LogP contribution in [0.25, 0.3) is 0 Å². The second-order valence-corrected chi connectivity index (χ2v) is 5.17. The molecule has 0 radical (unpaired) electrons. The van der Waals surface area contributed by atoms with Crippen LogP contribution in [0.5, 0.6) is 5.75 Å². The van der Waals surface area contributed by atoms with Crippen LogP contribution >= 0.6 is 15.9 Å². The summed E-state index contributed by atoms with van der Waals surface area (Å²) in [6.07, 6.45) is 1.96. The van der Waals surface area contributed by atoms with Crippen molar-refractivity contribution in [3.05, 3.63) is 58.3 Å². The number of halogens is 1. The van der Waals surface area contributed by atoms with E-state index in [0.29, 0.717) is 22.3 Å². The first-order valence-electron chi connectivity index (χ1n) is 6.08. The number of methoxy groups -OCH3 is 1. The highest BCUT2D eigenvalue weighted by atomic mass is 79.9. The summed E-state index contributed by atoms with van der Waals surface area (Å²) in [6.45, 7) is 0. The Morgan fingerprint density at radius 3 is 2.85 bits per heavy atom. The third-order valence-electron chi connectivity index (χ3n) is 2.99. The standard InChI is InChI=1S/C15H14BrNO3/c1-20-11-5-2-4-10(8-11)9-12(15(18)19)14-13(16)6-3-7-17-14/h2-8,12H,9H2,1H3,(H,18,19).